The van der Waals surface area contributed by atoms with Crippen molar-refractivity contribution in [2.75, 3.05) is 50.6 Å². The van der Waals surface area contributed by atoms with E-state index >= 15 is 0 Å². The molecule has 1 N–H and O–H groups in total. The molecule has 2 aromatic rings. The zero-order valence-electron chi connectivity index (χ0n) is 19.6. The monoisotopic (exact) mass is 463 g/mol. The van der Waals surface area contributed by atoms with E-state index in [1.165, 1.54) is 24.6 Å². The van der Waals surface area contributed by atoms with Gasteiger partial charge in [0.15, 0.2) is 0 Å². The molecule has 0 aliphatic rings. The largest absolute Gasteiger partial charge is 0.497 e. The zero-order chi connectivity index (χ0) is 23.9. The molecule has 0 unspecified atom stereocenters. The molecule has 0 spiro atoms. The number of sulfonamides is 1. The molecule has 32 heavy (non-hydrogen) atoms. The summed E-state index contributed by atoms with van der Waals surface area (Å²) >= 11 is 0. The van der Waals surface area contributed by atoms with Gasteiger partial charge in [-0.3, -0.25) is 4.79 Å². The van der Waals surface area contributed by atoms with Crippen molar-refractivity contribution < 1.29 is 22.7 Å². The van der Waals surface area contributed by atoms with Crippen molar-refractivity contribution in [1.29, 1.82) is 0 Å². The summed E-state index contributed by atoms with van der Waals surface area (Å²) in [6.07, 6.45) is 0. The van der Waals surface area contributed by atoms with E-state index in [2.05, 4.69) is 10.2 Å². The average Bonchev–Trinajstić information content (AvgIpc) is 2.80. The van der Waals surface area contributed by atoms with Gasteiger partial charge in [-0.2, -0.15) is 4.31 Å². The molecule has 0 heterocycles. The molecule has 9 heteroatoms. The van der Waals surface area contributed by atoms with Crippen LogP contribution in [0.5, 0.6) is 11.5 Å². The van der Waals surface area contributed by atoms with Crippen molar-refractivity contribution in [2.45, 2.75) is 32.6 Å². The van der Waals surface area contributed by atoms with E-state index < -0.39 is 15.9 Å². The molecule has 0 aliphatic heterocycles. The quantitative estimate of drug-likeness (QED) is 0.545. The molecule has 0 aromatic heterocycles. The summed E-state index contributed by atoms with van der Waals surface area (Å²) in [5, 5.41) is 2.89. The van der Waals surface area contributed by atoms with Crippen LogP contribution in [0.25, 0.3) is 0 Å². The summed E-state index contributed by atoms with van der Waals surface area (Å²) in [4.78, 5) is 15.3. The first-order chi connectivity index (χ1) is 15.3. The van der Waals surface area contributed by atoms with Crippen molar-refractivity contribution in [3.63, 3.8) is 0 Å². The Bertz CT molecular complexity index is 1030. The zero-order valence-corrected chi connectivity index (χ0v) is 20.5. The third kappa shape index (κ3) is 5.34. The lowest BCUT2D eigenvalue weighted by molar-refractivity contribution is 0.102. The predicted molar refractivity (Wildman–Crippen MR) is 128 cm³/mol. The highest BCUT2D eigenvalue weighted by Gasteiger charge is 2.24. The fourth-order valence-electron chi connectivity index (χ4n) is 3.50. The van der Waals surface area contributed by atoms with Gasteiger partial charge in [-0.25, -0.2) is 8.42 Å². The maximum atomic E-state index is 13.1. The lowest BCUT2D eigenvalue weighted by Crippen LogP contribution is -2.31. The Morgan fingerprint density at radius 1 is 0.906 bits per heavy atom. The van der Waals surface area contributed by atoms with Gasteiger partial charge in [0, 0.05) is 32.2 Å². The fourth-order valence-corrected chi connectivity index (χ4v) is 4.99. The van der Waals surface area contributed by atoms with E-state index in [1.807, 2.05) is 13.8 Å². The minimum atomic E-state index is -3.68. The van der Waals surface area contributed by atoms with Crippen molar-refractivity contribution in [3.8, 4) is 11.5 Å². The third-order valence-electron chi connectivity index (χ3n) is 5.32. The number of amides is 1. The molecule has 0 saturated carbocycles. The van der Waals surface area contributed by atoms with E-state index in [-0.39, 0.29) is 4.90 Å². The van der Waals surface area contributed by atoms with Gasteiger partial charge >= 0.3 is 0 Å². The highest BCUT2D eigenvalue weighted by molar-refractivity contribution is 7.89. The molecule has 2 rings (SSSR count). The first-order valence-electron chi connectivity index (χ1n) is 10.7. The van der Waals surface area contributed by atoms with Gasteiger partial charge < -0.3 is 19.7 Å². The van der Waals surface area contributed by atoms with Crippen molar-refractivity contribution in [2.24, 2.45) is 0 Å². The molecule has 0 fully saturated rings. The summed E-state index contributed by atoms with van der Waals surface area (Å²) in [7, 11) is -0.669. The molecule has 0 bridgehead atoms. The van der Waals surface area contributed by atoms with Gasteiger partial charge in [0.2, 0.25) is 10.0 Å². The van der Waals surface area contributed by atoms with E-state index in [0.717, 1.165) is 5.69 Å². The van der Waals surface area contributed by atoms with Crippen LogP contribution in [0.2, 0.25) is 0 Å². The number of benzene rings is 2. The summed E-state index contributed by atoms with van der Waals surface area (Å²) < 4.78 is 38.1. The van der Waals surface area contributed by atoms with Crippen LogP contribution in [0.4, 0.5) is 11.4 Å². The first kappa shape index (κ1) is 25.5. The number of carbonyl (C=O) groups is 1. The smallest absolute Gasteiger partial charge is 0.259 e. The molecule has 0 aliphatic carbocycles. The van der Waals surface area contributed by atoms with Crippen molar-refractivity contribution in [3.05, 3.63) is 42.0 Å². The van der Waals surface area contributed by atoms with Gasteiger partial charge in [0.05, 0.1) is 36.1 Å². The number of hydrogen-bond acceptors (Lipinski definition) is 6. The van der Waals surface area contributed by atoms with Gasteiger partial charge in [-0.1, -0.05) is 13.8 Å². The Morgan fingerprint density at radius 2 is 1.56 bits per heavy atom. The van der Waals surface area contributed by atoms with E-state index in [4.69, 9.17) is 9.47 Å². The van der Waals surface area contributed by atoms with Crippen LogP contribution >= 0.6 is 0 Å². The lowest BCUT2D eigenvalue weighted by atomic mass is 10.1. The number of anilines is 2. The van der Waals surface area contributed by atoms with Crippen molar-refractivity contribution in [1.82, 2.24) is 4.31 Å². The van der Waals surface area contributed by atoms with Crippen LogP contribution in [-0.4, -0.2) is 59.0 Å². The third-order valence-corrected chi connectivity index (χ3v) is 7.36. The Labute approximate surface area is 191 Å². The number of nitrogens with zero attached hydrogens (tertiary/aromatic N) is 2. The second-order valence-electron chi connectivity index (χ2n) is 6.96. The highest BCUT2D eigenvalue weighted by atomic mass is 32.2. The van der Waals surface area contributed by atoms with Gasteiger partial charge in [0.25, 0.3) is 5.91 Å². The van der Waals surface area contributed by atoms with E-state index in [9.17, 15) is 13.2 Å². The standard InChI is InChI=1S/C23H33N3O5S/c1-7-25(8-2)21-14-12-18(32(28,29)26(9-3)10-4)16-20(21)24-23(27)19-13-11-17(30-5)15-22(19)31-6/h11-16H,7-10H2,1-6H3,(H,24,27). The number of methoxy groups -OCH3 is 2. The predicted octanol–water partition coefficient (Wildman–Crippen LogP) is 3.83. The van der Waals surface area contributed by atoms with Crippen LogP contribution in [0.1, 0.15) is 38.1 Å². The topological polar surface area (TPSA) is 88.2 Å². The van der Waals surface area contributed by atoms with E-state index in [1.54, 1.807) is 44.2 Å². The van der Waals surface area contributed by atoms with Crippen LogP contribution in [0.3, 0.4) is 0 Å². The molecule has 0 atom stereocenters. The number of ether oxygens (including phenoxy) is 2. The summed E-state index contributed by atoms with van der Waals surface area (Å²) in [5.74, 6) is 0.517. The average molecular weight is 464 g/mol. The molecule has 0 saturated heterocycles. The second-order valence-corrected chi connectivity index (χ2v) is 8.90. The number of hydrogen-bond donors (Lipinski definition) is 1. The van der Waals surface area contributed by atoms with Gasteiger partial charge in [0.1, 0.15) is 11.5 Å². The first-order valence-corrected chi connectivity index (χ1v) is 12.1. The number of rotatable bonds is 11. The highest BCUT2D eigenvalue weighted by Crippen LogP contribution is 2.32. The molecule has 1 amide bonds. The summed E-state index contributed by atoms with van der Waals surface area (Å²) in [6, 6.07) is 9.76. The molecule has 8 nitrogen and oxygen atoms in total. The minimum Gasteiger partial charge on any atom is -0.497 e. The Morgan fingerprint density at radius 3 is 2.09 bits per heavy atom. The molecule has 176 valence electrons. The second kappa shape index (κ2) is 11.2. The minimum absolute atomic E-state index is 0.133. The van der Waals surface area contributed by atoms with Gasteiger partial charge in [-0.05, 0) is 44.2 Å². The Hall–Kier alpha value is -2.78. The fraction of sp³-hybridized carbons (Fsp3) is 0.435. The number of nitrogens with one attached hydrogen (secondary N) is 1. The molecular weight excluding hydrogens is 430 g/mol. The molecular formula is C23H33N3O5S. The Kier molecular flexibility index (Phi) is 8.91. The maximum Gasteiger partial charge on any atom is 0.259 e. The van der Waals surface area contributed by atoms with Crippen LogP contribution in [0, 0.1) is 0 Å². The normalized spacial score (nSPS) is 11.3. The molecule has 2 aromatic carbocycles. The SMILES string of the molecule is CCN(CC)c1ccc(S(=O)(=O)N(CC)CC)cc1NC(=O)c1ccc(OC)cc1OC. The van der Waals surface area contributed by atoms with Gasteiger partial charge in [-0.15, -0.1) is 0 Å². The molecule has 0 radical (unpaired) electrons. The van der Waals surface area contributed by atoms with Crippen LogP contribution in [0.15, 0.2) is 41.3 Å². The maximum absolute atomic E-state index is 13.1. The van der Waals surface area contributed by atoms with Crippen LogP contribution in [-0.2, 0) is 10.0 Å². The number of carbonyl (C=O) groups excluding carboxylic acids is 1. The van der Waals surface area contributed by atoms with E-state index in [0.29, 0.717) is 48.9 Å². The van der Waals surface area contributed by atoms with Crippen molar-refractivity contribution >= 4 is 27.3 Å². The Balaban J connectivity index is 2.55. The summed E-state index contributed by atoms with van der Waals surface area (Å²) in [5.41, 5.74) is 1.48. The van der Waals surface area contributed by atoms with Crippen LogP contribution < -0.4 is 19.7 Å². The lowest BCUT2D eigenvalue weighted by Gasteiger charge is -2.26. The summed E-state index contributed by atoms with van der Waals surface area (Å²) in [6.45, 7) is 9.72.